The van der Waals surface area contributed by atoms with E-state index >= 15 is 0 Å². The quantitative estimate of drug-likeness (QED) is 0.338. The van der Waals surface area contributed by atoms with Gasteiger partial charge < -0.3 is 19.7 Å². The molecule has 1 aromatic heterocycles. The van der Waals surface area contributed by atoms with Crippen molar-refractivity contribution in [2.24, 2.45) is 0 Å². The number of carbonyl (C=O) groups is 3. The van der Waals surface area contributed by atoms with Gasteiger partial charge in [0.1, 0.15) is 12.4 Å². The van der Waals surface area contributed by atoms with Crippen LogP contribution in [0.15, 0.2) is 54.9 Å². The van der Waals surface area contributed by atoms with Gasteiger partial charge in [0.05, 0.1) is 31.6 Å². The topological polar surface area (TPSA) is 132 Å². The maximum Gasteiger partial charge on any atom is 0.337 e. The molecule has 208 valence electrons. The highest BCUT2D eigenvalue weighted by atomic mass is 35.5. The molecule has 0 spiro atoms. The van der Waals surface area contributed by atoms with Gasteiger partial charge in [-0.25, -0.2) is 4.79 Å². The summed E-state index contributed by atoms with van der Waals surface area (Å²) in [5.74, 6) is -1.08. The van der Waals surface area contributed by atoms with E-state index in [2.05, 4.69) is 25.7 Å². The fourth-order valence-corrected chi connectivity index (χ4v) is 5.12. The Bertz CT molecular complexity index is 1390. The molecule has 1 N–H and O–H groups in total. The standard InChI is InChI=1S/C27H28ClN7O5/c1-39-27(38)18-2-6-21(7-3-18)30-26(37)24-15-22(33-10-12-40-13-11-33)16-34(24)25(36)9-4-19-14-20(28)5-8-23(19)35-17-29-31-32-35/h2-9,14,17,22,24H,10-13,15-16H2,1H3,(H,30,37)/t22-,24-/m0/s1. The number of esters is 1. The summed E-state index contributed by atoms with van der Waals surface area (Å²) in [5, 5.41) is 14.7. The second-order valence-corrected chi connectivity index (χ2v) is 9.83. The highest BCUT2D eigenvalue weighted by Gasteiger charge is 2.41. The Morgan fingerprint density at radius 1 is 1.12 bits per heavy atom. The molecule has 2 aliphatic heterocycles. The molecular formula is C27H28ClN7O5. The predicted octanol–water partition coefficient (Wildman–Crippen LogP) is 2.06. The maximum absolute atomic E-state index is 13.5. The second kappa shape index (κ2) is 12.4. The Balaban J connectivity index is 1.36. The van der Waals surface area contributed by atoms with Crippen molar-refractivity contribution in [1.82, 2.24) is 30.0 Å². The van der Waals surface area contributed by atoms with Crippen molar-refractivity contribution in [3.05, 3.63) is 71.0 Å². The Morgan fingerprint density at radius 3 is 2.60 bits per heavy atom. The van der Waals surface area contributed by atoms with Gasteiger partial charge >= 0.3 is 5.97 Å². The Morgan fingerprint density at radius 2 is 1.90 bits per heavy atom. The number of methoxy groups -OCH3 is 1. The van der Waals surface area contributed by atoms with E-state index in [4.69, 9.17) is 21.1 Å². The molecule has 12 nitrogen and oxygen atoms in total. The minimum absolute atomic E-state index is 0.0154. The summed E-state index contributed by atoms with van der Waals surface area (Å²) in [5.41, 5.74) is 2.18. The zero-order valence-corrected chi connectivity index (χ0v) is 22.5. The third-order valence-electron chi connectivity index (χ3n) is 6.99. The van der Waals surface area contributed by atoms with Crippen LogP contribution >= 0.6 is 11.6 Å². The molecule has 5 rings (SSSR count). The second-order valence-electron chi connectivity index (χ2n) is 9.39. The SMILES string of the molecule is COC(=O)c1ccc(NC(=O)[C@@H]2C[C@H](N3CCOCC3)CN2C(=O)C=Cc2cc(Cl)ccc2-n2cnnn2)cc1. The lowest BCUT2D eigenvalue weighted by Gasteiger charge is -2.31. The van der Waals surface area contributed by atoms with Crippen molar-refractivity contribution >= 4 is 41.1 Å². The van der Waals surface area contributed by atoms with Crippen LogP contribution in [0.25, 0.3) is 11.8 Å². The smallest absolute Gasteiger partial charge is 0.337 e. The molecule has 13 heteroatoms. The van der Waals surface area contributed by atoms with E-state index in [1.165, 1.54) is 24.2 Å². The molecule has 40 heavy (non-hydrogen) atoms. The van der Waals surface area contributed by atoms with E-state index in [0.717, 1.165) is 13.1 Å². The van der Waals surface area contributed by atoms with Gasteiger partial charge in [-0.15, -0.1) is 5.10 Å². The summed E-state index contributed by atoms with van der Waals surface area (Å²) in [7, 11) is 1.31. The summed E-state index contributed by atoms with van der Waals surface area (Å²) >= 11 is 6.22. The molecule has 0 radical (unpaired) electrons. The van der Waals surface area contributed by atoms with Gasteiger partial charge in [0.15, 0.2) is 0 Å². The number of rotatable bonds is 7. The van der Waals surface area contributed by atoms with E-state index in [1.807, 2.05) is 0 Å². The van der Waals surface area contributed by atoms with Crippen LogP contribution in [0, 0.1) is 0 Å². The van der Waals surface area contributed by atoms with Crippen molar-refractivity contribution < 1.29 is 23.9 Å². The van der Waals surface area contributed by atoms with Crippen LogP contribution in [0.4, 0.5) is 5.69 Å². The average Bonchev–Trinajstić information content (AvgIpc) is 3.68. The summed E-state index contributed by atoms with van der Waals surface area (Å²) in [4.78, 5) is 42.6. The number of aromatic nitrogens is 4. The number of halogens is 1. The number of nitrogens with zero attached hydrogens (tertiary/aromatic N) is 6. The number of anilines is 1. The number of ether oxygens (including phenoxy) is 2. The van der Waals surface area contributed by atoms with Crippen LogP contribution in [0.3, 0.4) is 0 Å². The van der Waals surface area contributed by atoms with E-state index in [-0.39, 0.29) is 17.9 Å². The third kappa shape index (κ3) is 6.19. The molecular weight excluding hydrogens is 538 g/mol. The predicted molar refractivity (Wildman–Crippen MR) is 146 cm³/mol. The van der Waals surface area contributed by atoms with E-state index < -0.39 is 12.0 Å². The van der Waals surface area contributed by atoms with Crippen molar-refractivity contribution in [3.8, 4) is 5.69 Å². The maximum atomic E-state index is 13.5. The zero-order valence-electron chi connectivity index (χ0n) is 21.8. The highest BCUT2D eigenvalue weighted by molar-refractivity contribution is 6.30. The molecule has 3 heterocycles. The molecule has 2 aromatic carbocycles. The lowest BCUT2D eigenvalue weighted by atomic mass is 10.1. The number of nitrogens with one attached hydrogen (secondary N) is 1. The minimum atomic E-state index is -0.691. The van der Waals surface area contributed by atoms with Crippen molar-refractivity contribution in [2.45, 2.75) is 18.5 Å². The number of amides is 2. The molecule has 0 bridgehead atoms. The van der Waals surface area contributed by atoms with E-state index in [9.17, 15) is 14.4 Å². The largest absolute Gasteiger partial charge is 0.465 e. The number of hydrogen-bond donors (Lipinski definition) is 1. The van der Waals surface area contributed by atoms with Crippen LogP contribution in [-0.4, -0.2) is 99.8 Å². The van der Waals surface area contributed by atoms with Crippen LogP contribution in [0.1, 0.15) is 22.3 Å². The zero-order chi connectivity index (χ0) is 28.1. The lowest BCUT2D eigenvalue weighted by molar-refractivity contribution is -0.132. The van der Waals surface area contributed by atoms with Crippen LogP contribution < -0.4 is 5.32 Å². The summed E-state index contributed by atoms with van der Waals surface area (Å²) in [6.07, 6.45) is 5.02. The van der Waals surface area contributed by atoms with Gasteiger partial charge in [-0.05, 0) is 65.4 Å². The Labute approximate surface area is 235 Å². The molecule has 3 aromatic rings. The van der Waals surface area contributed by atoms with E-state index in [0.29, 0.717) is 53.7 Å². The average molecular weight is 566 g/mol. The highest BCUT2D eigenvalue weighted by Crippen LogP contribution is 2.26. The number of hydrogen-bond acceptors (Lipinski definition) is 9. The molecule has 2 amide bonds. The fraction of sp³-hybridized carbons (Fsp3) is 0.333. The van der Waals surface area contributed by atoms with Gasteiger partial charge in [-0.2, -0.15) is 4.68 Å². The minimum Gasteiger partial charge on any atom is -0.465 e. The first-order chi connectivity index (χ1) is 19.4. The van der Waals surface area contributed by atoms with Crippen LogP contribution in [0.5, 0.6) is 0 Å². The van der Waals surface area contributed by atoms with Crippen molar-refractivity contribution in [1.29, 1.82) is 0 Å². The molecule has 2 saturated heterocycles. The Kier molecular flexibility index (Phi) is 8.48. The van der Waals surface area contributed by atoms with Crippen molar-refractivity contribution in [3.63, 3.8) is 0 Å². The summed E-state index contributed by atoms with van der Waals surface area (Å²) in [6, 6.07) is 10.9. The normalized spacial score (nSPS) is 19.6. The lowest BCUT2D eigenvalue weighted by Crippen LogP contribution is -2.45. The van der Waals surface area contributed by atoms with Crippen molar-refractivity contribution in [2.75, 3.05) is 45.3 Å². The van der Waals surface area contributed by atoms with Gasteiger partial charge in [-0.1, -0.05) is 11.6 Å². The molecule has 0 aliphatic carbocycles. The summed E-state index contributed by atoms with van der Waals surface area (Å²) in [6.45, 7) is 3.11. The number of likely N-dealkylation sites (tertiary alicyclic amines) is 1. The number of benzene rings is 2. The number of carbonyl (C=O) groups excluding carboxylic acids is 3. The third-order valence-corrected chi connectivity index (χ3v) is 7.23. The first-order valence-electron chi connectivity index (χ1n) is 12.8. The van der Waals surface area contributed by atoms with Crippen LogP contribution in [0.2, 0.25) is 5.02 Å². The van der Waals surface area contributed by atoms with Gasteiger partial charge in [-0.3, -0.25) is 14.5 Å². The molecule has 2 aliphatic rings. The first-order valence-corrected chi connectivity index (χ1v) is 13.1. The molecule has 0 saturated carbocycles. The number of tetrazole rings is 1. The van der Waals surface area contributed by atoms with Gasteiger partial charge in [0, 0.05) is 48.0 Å². The first kappa shape index (κ1) is 27.4. The molecule has 2 fully saturated rings. The van der Waals surface area contributed by atoms with E-state index in [1.54, 1.807) is 53.4 Å². The Hall–Kier alpha value is -4.13. The molecule has 2 atom stereocenters. The van der Waals surface area contributed by atoms with Crippen LogP contribution in [-0.2, 0) is 19.1 Å². The fourth-order valence-electron chi connectivity index (χ4n) is 4.94. The monoisotopic (exact) mass is 565 g/mol. The van der Waals surface area contributed by atoms with Gasteiger partial charge in [0.25, 0.3) is 0 Å². The van der Waals surface area contributed by atoms with Gasteiger partial charge in [0.2, 0.25) is 11.8 Å². The summed E-state index contributed by atoms with van der Waals surface area (Å²) < 4.78 is 11.7. The number of morpholine rings is 1. The molecule has 0 unspecified atom stereocenters.